The Morgan fingerprint density at radius 1 is 1.23 bits per heavy atom. The molecule has 0 amide bonds. The van der Waals surface area contributed by atoms with Crippen molar-refractivity contribution in [3.05, 3.63) is 35.9 Å². The van der Waals surface area contributed by atoms with E-state index in [4.69, 9.17) is 9.47 Å². The van der Waals surface area contributed by atoms with Gasteiger partial charge in [-0.25, -0.2) is 4.79 Å². The first-order chi connectivity index (χ1) is 6.27. The highest BCUT2D eigenvalue weighted by molar-refractivity contribution is 5.77. The van der Waals surface area contributed by atoms with Gasteiger partial charge in [0, 0.05) is 0 Å². The Hall–Kier alpha value is -1.35. The molecule has 68 valence electrons. The molecule has 1 fully saturated rings. The van der Waals surface area contributed by atoms with Crippen molar-refractivity contribution in [2.75, 3.05) is 0 Å². The summed E-state index contributed by atoms with van der Waals surface area (Å²) in [6.45, 7) is 1.71. The molecule has 0 spiro atoms. The summed E-state index contributed by atoms with van der Waals surface area (Å²) in [5, 5.41) is 0. The lowest BCUT2D eigenvalue weighted by molar-refractivity contribution is -0.142. The van der Waals surface area contributed by atoms with Gasteiger partial charge >= 0.3 is 5.97 Å². The van der Waals surface area contributed by atoms with Crippen LogP contribution in [0, 0.1) is 0 Å². The summed E-state index contributed by atoms with van der Waals surface area (Å²) in [7, 11) is 0. The van der Waals surface area contributed by atoms with Crippen molar-refractivity contribution in [3.8, 4) is 0 Å². The Balaban J connectivity index is 2.23. The Bertz CT molecular complexity index is 307. The molecule has 1 heterocycles. The standard InChI is InChI=1S/C10H10O3/c1-7-12-9(10(11)13-7)8-5-3-2-4-6-8/h2-7,9H,1H3/t7?,9-/m0/s1. The zero-order chi connectivity index (χ0) is 9.26. The molecule has 1 unspecified atom stereocenters. The molecular formula is C10H10O3. The third-order valence-corrected chi connectivity index (χ3v) is 1.93. The number of ether oxygens (including phenoxy) is 2. The quantitative estimate of drug-likeness (QED) is 0.613. The predicted molar refractivity (Wildman–Crippen MR) is 45.8 cm³/mol. The van der Waals surface area contributed by atoms with E-state index in [-0.39, 0.29) is 5.97 Å². The third-order valence-electron chi connectivity index (χ3n) is 1.93. The summed E-state index contributed by atoms with van der Waals surface area (Å²) in [4.78, 5) is 11.2. The number of esters is 1. The molecule has 2 atom stereocenters. The lowest BCUT2D eigenvalue weighted by Crippen LogP contribution is -2.06. The monoisotopic (exact) mass is 178 g/mol. The lowest BCUT2D eigenvalue weighted by Gasteiger charge is -2.04. The normalized spacial score (nSPS) is 27.3. The van der Waals surface area contributed by atoms with Gasteiger partial charge in [-0.2, -0.15) is 0 Å². The Morgan fingerprint density at radius 3 is 2.46 bits per heavy atom. The number of carbonyl (C=O) groups is 1. The van der Waals surface area contributed by atoms with E-state index >= 15 is 0 Å². The topological polar surface area (TPSA) is 35.5 Å². The number of rotatable bonds is 1. The van der Waals surface area contributed by atoms with Gasteiger partial charge in [-0.1, -0.05) is 30.3 Å². The average molecular weight is 178 g/mol. The minimum atomic E-state index is -0.545. The van der Waals surface area contributed by atoms with Gasteiger partial charge in [0.15, 0.2) is 6.10 Å². The lowest BCUT2D eigenvalue weighted by atomic mass is 10.1. The molecule has 0 saturated carbocycles. The third kappa shape index (κ3) is 1.55. The largest absolute Gasteiger partial charge is 0.434 e. The maximum absolute atomic E-state index is 11.2. The first kappa shape index (κ1) is 8.26. The van der Waals surface area contributed by atoms with Crippen LogP contribution in [0.3, 0.4) is 0 Å². The van der Waals surface area contributed by atoms with E-state index < -0.39 is 12.4 Å². The van der Waals surface area contributed by atoms with Crippen molar-refractivity contribution in [1.82, 2.24) is 0 Å². The number of hydrogen-bond acceptors (Lipinski definition) is 3. The molecule has 0 N–H and O–H groups in total. The Labute approximate surface area is 76.3 Å². The molecular weight excluding hydrogens is 168 g/mol. The molecule has 0 aliphatic carbocycles. The van der Waals surface area contributed by atoms with Crippen LogP contribution in [-0.4, -0.2) is 12.3 Å². The van der Waals surface area contributed by atoms with Crippen LogP contribution in [0.4, 0.5) is 0 Å². The van der Waals surface area contributed by atoms with E-state index in [1.165, 1.54) is 0 Å². The van der Waals surface area contributed by atoms with E-state index in [1.807, 2.05) is 30.3 Å². The summed E-state index contributed by atoms with van der Waals surface area (Å²) in [6.07, 6.45) is -0.978. The zero-order valence-corrected chi connectivity index (χ0v) is 7.27. The van der Waals surface area contributed by atoms with E-state index in [0.29, 0.717) is 0 Å². The fourth-order valence-corrected chi connectivity index (χ4v) is 1.34. The van der Waals surface area contributed by atoms with Crippen LogP contribution in [0.5, 0.6) is 0 Å². The molecule has 1 aliphatic rings. The summed E-state index contributed by atoms with van der Waals surface area (Å²) >= 11 is 0. The molecule has 1 aromatic rings. The molecule has 3 heteroatoms. The van der Waals surface area contributed by atoms with Gasteiger partial charge in [0.05, 0.1) is 0 Å². The Kier molecular flexibility index (Phi) is 2.02. The number of hydrogen-bond donors (Lipinski definition) is 0. The number of carbonyl (C=O) groups excluding carboxylic acids is 1. The fourth-order valence-electron chi connectivity index (χ4n) is 1.34. The molecule has 1 aromatic carbocycles. The number of benzene rings is 1. The predicted octanol–water partition coefficient (Wildman–Crippen LogP) is 1.65. The van der Waals surface area contributed by atoms with Crippen molar-refractivity contribution in [2.45, 2.75) is 19.3 Å². The van der Waals surface area contributed by atoms with E-state index in [9.17, 15) is 4.79 Å². The molecule has 13 heavy (non-hydrogen) atoms. The highest BCUT2D eigenvalue weighted by atomic mass is 16.7. The van der Waals surface area contributed by atoms with Crippen molar-refractivity contribution in [2.24, 2.45) is 0 Å². The summed E-state index contributed by atoms with van der Waals surface area (Å²) in [5.74, 6) is -0.307. The molecule has 1 aliphatic heterocycles. The van der Waals surface area contributed by atoms with Gasteiger partial charge in [0.2, 0.25) is 6.29 Å². The fraction of sp³-hybridized carbons (Fsp3) is 0.300. The SMILES string of the molecule is CC1OC(=O)[C@H](c2ccccc2)O1. The van der Waals surface area contributed by atoms with E-state index in [2.05, 4.69) is 0 Å². The molecule has 1 saturated heterocycles. The summed E-state index contributed by atoms with van der Waals surface area (Å²) < 4.78 is 10.2. The first-order valence-electron chi connectivity index (χ1n) is 4.18. The van der Waals surface area contributed by atoms with Crippen LogP contribution >= 0.6 is 0 Å². The Morgan fingerprint density at radius 2 is 1.92 bits per heavy atom. The van der Waals surface area contributed by atoms with Crippen LogP contribution in [-0.2, 0) is 14.3 Å². The van der Waals surface area contributed by atoms with Crippen LogP contribution < -0.4 is 0 Å². The highest BCUT2D eigenvalue weighted by Crippen LogP contribution is 2.26. The van der Waals surface area contributed by atoms with Gasteiger partial charge in [-0.3, -0.25) is 0 Å². The first-order valence-corrected chi connectivity index (χ1v) is 4.18. The van der Waals surface area contributed by atoms with Gasteiger partial charge in [0.25, 0.3) is 0 Å². The van der Waals surface area contributed by atoms with E-state index in [1.54, 1.807) is 6.92 Å². The van der Waals surface area contributed by atoms with Crippen LogP contribution in [0.25, 0.3) is 0 Å². The molecule has 0 radical (unpaired) electrons. The molecule has 2 rings (SSSR count). The van der Waals surface area contributed by atoms with Crippen LogP contribution in [0.15, 0.2) is 30.3 Å². The van der Waals surface area contributed by atoms with Gasteiger partial charge in [0.1, 0.15) is 0 Å². The van der Waals surface area contributed by atoms with Gasteiger partial charge in [-0.15, -0.1) is 0 Å². The minimum absolute atomic E-state index is 0.307. The molecule has 3 nitrogen and oxygen atoms in total. The maximum Gasteiger partial charge on any atom is 0.342 e. The summed E-state index contributed by atoms with van der Waals surface area (Å²) in [6, 6.07) is 9.34. The van der Waals surface area contributed by atoms with Crippen molar-refractivity contribution in [3.63, 3.8) is 0 Å². The van der Waals surface area contributed by atoms with Gasteiger partial charge < -0.3 is 9.47 Å². The van der Waals surface area contributed by atoms with Crippen molar-refractivity contribution < 1.29 is 14.3 Å². The summed E-state index contributed by atoms with van der Waals surface area (Å²) in [5.41, 5.74) is 0.844. The van der Waals surface area contributed by atoms with Crippen molar-refractivity contribution in [1.29, 1.82) is 0 Å². The van der Waals surface area contributed by atoms with Crippen LogP contribution in [0.1, 0.15) is 18.6 Å². The zero-order valence-electron chi connectivity index (χ0n) is 7.27. The van der Waals surface area contributed by atoms with Crippen LogP contribution in [0.2, 0.25) is 0 Å². The molecule has 0 aromatic heterocycles. The smallest absolute Gasteiger partial charge is 0.342 e. The van der Waals surface area contributed by atoms with E-state index in [0.717, 1.165) is 5.56 Å². The second kappa shape index (κ2) is 3.18. The molecule has 0 bridgehead atoms. The van der Waals surface area contributed by atoms with Crippen molar-refractivity contribution >= 4 is 5.97 Å². The van der Waals surface area contributed by atoms with Gasteiger partial charge in [-0.05, 0) is 12.5 Å². The maximum atomic E-state index is 11.2. The minimum Gasteiger partial charge on any atom is -0.434 e. The second-order valence-corrected chi connectivity index (χ2v) is 2.93. The number of cyclic esters (lactones) is 1. The second-order valence-electron chi connectivity index (χ2n) is 2.93. The average Bonchev–Trinajstić information content (AvgIpc) is 2.47. The highest BCUT2D eigenvalue weighted by Gasteiger charge is 2.33.